The van der Waals surface area contributed by atoms with Crippen LogP contribution in [0.2, 0.25) is 0 Å². The summed E-state index contributed by atoms with van der Waals surface area (Å²) < 4.78 is 2.06. The van der Waals surface area contributed by atoms with Crippen LogP contribution in [0.15, 0.2) is 88.1 Å². The standard InChI is InChI=1S/C22H18BrN3O2/c23-18-11-12-20-19(13-18)21(27)26(28-15-17-9-5-2-6-10-17)22(25-20)24-14-16-7-3-1-4-8-16/h1-13H,14-15H2,(H,24,25). The van der Waals surface area contributed by atoms with E-state index in [9.17, 15) is 4.79 Å². The molecule has 0 aliphatic heterocycles. The van der Waals surface area contributed by atoms with Crippen molar-refractivity contribution in [2.75, 3.05) is 5.32 Å². The minimum Gasteiger partial charge on any atom is -0.402 e. The molecule has 3 aromatic carbocycles. The fourth-order valence-corrected chi connectivity index (χ4v) is 3.22. The van der Waals surface area contributed by atoms with Crippen molar-refractivity contribution in [2.24, 2.45) is 0 Å². The third kappa shape index (κ3) is 4.07. The first-order valence-electron chi connectivity index (χ1n) is 8.88. The van der Waals surface area contributed by atoms with Crippen LogP contribution in [0.3, 0.4) is 0 Å². The Morgan fingerprint density at radius 1 is 0.929 bits per heavy atom. The number of anilines is 1. The molecule has 0 atom stereocenters. The van der Waals surface area contributed by atoms with Crippen molar-refractivity contribution in [3.63, 3.8) is 0 Å². The number of fused-ring (bicyclic) bond motifs is 1. The Balaban J connectivity index is 1.70. The molecular formula is C22H18BrN3O2. The Bertz CT molecular complexity index is 1150. The summed E-state index contributed by atoms with van der Waals surface area (Å²) in [6.07, 6.45) is 0. The lowest BCUT2D eigenvalue weighted by Crippen LogP contribution is -2.30. The van der Waals surface area contributed by atoms with Crippen molar-refractivity contribution >= 4 is 32.8 Å². The summed E-state index contributed by atoms with van der Waals surface area (Å²) in [6.45, 7) is 0.798. The molecule has 0 unspecified atom stereocenters. The lowest BCUT2D eigenvalue weighted by atomic mass is 10.2. The van der Waals surface area contributed by atoms with Crippen LogP contribution in [-0.2, 0) is 13.2 Å². The third-order valence-corrected chi connectivity index (χ3v) is 4.78. The van der Waals surface area contributed by atoms with Crippen LogP contribution in [0, 0.1) is 0 Å². The molecule has 1 aromatic heterocycles. The number of aromatic nitrogens is 2. The topological polar surface area (TPSA) is 56.2 Å². The van der Waals surface area contributed by atoms with Gasteiger partial charge in [-0.15, -0.1) is 4.73 Å². The number of benzene rings is 3. The Hall–Kier alpha value is -3.12. The van der Waals surface area contributed by atoms with E-state index in [1.165, 1.54) is 4.73 Å². The highest BCUT2D eigenvalue weighted by Crippen LogP contribution is 2.17. The summed E-state index contributed by atoms with van der Waals surface area (Å²) in [7, 11) is 0. The molecule has 1 heterocycles. The molecule has 0 aliphatic carbocycles. The second-order valence-electron chi connectivity index (χ2n) is 6.29. The Morgan fingerprint density at radius 3 is 2.32 bits per heavy atom. The molecule has 6 heteroatoms. The quantitative estimate of drug-likeness (QED) is 0.487. The van der Waals surface area contributed by atoms with Crippen LogP contribution in [0.1, 0.15) is 11.1 Å². The van der Waals surface area contributed by atoms with Crippen molar-refractivity contribution in [3.8, 4) is 0 Å². The van der Waals surface area contributed by atoms with Gasteiger partial charge in [-0.05, 0) is 29.3 Å². The maximum Gasteiger partial charge on any atom is 0.295 e. The Morgan fingerprint density at radius 2 is 1.61 bits per heavy atom. The third-order valence-electron chi connectivity index (χ3n) is 4.29. The molecule has 28 heavy (non-hydrogen) atoms. The lowest BCUT2D eigenvalue weighted by Gasteiger charge is -2.15. The second kappa shape index (κ2) is 8.27. The van der Waals surface area contributed by atoms with Gasteiger partial charge in [0.15, 0.2) is 0 Å². The molecule has 0 aliphatic rings. The Labute approximate surface area is 170 Å². The predicted octanol–water partition coefficient (Wildman–Crippen LogP) is 4.40. The van der Waals surface area contributed by atoms with Crippen LogP contribution < -0.4 is 15.7 Å². The fourth-order valence-electron chi connectivity index (χ4n) is 2.86. The Kier molecular flexibility index (Phi) is 5.39. The number of nitrogens with one attached hydrogen (secondary N) is 1. The van der Waals surface area contributed by atoms with E-state index in [1.807, 2.05) is 72.8 Å². The summed E-state index contributed by atoms with van der Waals surface area (Å²) in [5.74, 6) is 0.375. The van der Waals surface area contributed by atoms with Gasteiger partial charge in [-0.25, -0.2) is 4.98 Å². The number of nitrogens with zero attached hydrogens (tertiary/aromatic N) is 2. The van der Waals surface area contributed by atoms with Crippen LogP contribution >= 0.6 is 15.9 Å². The molecule has 140 valence electrons. The van der Waals surface area contributed by atoms with Crippen molar-refractivity contribution < 1.29 is 4.84 Å². The first-order chi connectivity index (χ1) is 13.7. The van der Waals surface area contributed by atoms with Crippen LogP contribution in [-0.4, -0.2) is 9.71 Å². The maximum absolute atomic E-state index is 13.1. The maximum atomic E-state index is 13.1. The summed E-state index contributed by atoms with van der Waals surface area (Å²) in [4.78, 5) is 23.5. The minimum absolute atomic E-state index is 0.252. The van der Waals surface area contributed by atoms with Gasteiger partial charge in [-0.1, -0.05) is 76.6 Å². The molecule has 0 bridgehead atoms. The van der Waals surface area contributed by atoms with Crippen LogP contribution in [0.25, 0.3) is 10.9 Å². The largest absolute Gasteiger partial charge is 0.402 e. The van der Waals surface area contributed by atoms with E-state index < -0.39 is 0 Å². The van der Waals surface area contributed by atoms with Gasteiger partial charge in [0, 0.05) is 11.0 Å². The molecule has 4 aromatic rings. The molecule has 0 fully saturated rings. The van der Waals surface area contributed by atoms with Crippen molar-refractivity contribution in [1.82, 2.24) is 9.71 Å². The van der Waals surface area contributed by atoms with Crippen molar-refractivity contribution in [3.05, 3.63) is 105 Å². The molecular weight excluding hydrogens is 418 g/mol. The average Bonchev–Trinajstić information content (AvgIpc) is 2.74. The summed E-state index contributed by atoms with van der Waals surface area (Å²) in [5.41, 5.74) is 2.42. The second-order valence-corrected chi connectivity index (χ2v) is 7.21. The van der Waals surface area contributed by atoms with Gasteiger partial charge >= 0.3 is 0 Å². The number of hydrogen-bond donors (Lipinski definition) is 1. The van der Waals surface area contributed by atoms with Gasteiger partial charge in [-0.3, -0.25) is 4.79 Å². The molecule has 1 N–H and O–H groups in total. The molecule has 0 spiro atoms. The van der Waals surface area contributed by atoms with E-state index in [1.54, 1.807) is 6.07 Å². The molecule has 0 saturated carbocycles. The fraction of sp³-hybridized carbons (Fsp3) is 0.0909. The van der Waals surface area contributed by atoms with E-state index in [0.29, 0.717) is 23.4 Å². The minimum atomic E-state index is -0.252. The highest BCUT2D eigenvalue weighted by atomic mass is 79.9. The number of rotatable bonds is 6. The van der Waals surface area contributed by atoms with E-state index in [-0.39, 0.29) is 12.2 Å². The van der Waals surface area contributed by atoms with Gasteiger partial charge in [0.1, 0.15) is 6.61 Å². The zero-order valence-corrected chi connectivity index (χ0v) is 16.6. The SMILES string of the molecule is O=c1c2cc(Br)ccc2nc(NCc2ccccc2)n1OCc1ccccc1. The van der Waals surface area contributed by atoms with Gasteiger partial charge < -0.3 is 10.2 Å². The molecule has 0 saturated heterocycles. The summed E-state index contributed by atoms with van der Waals surface area (Å²) >= 11 is 3.41. The first-order valence-corrected chi connectivity index (χ1v) is 9.67. The van der Waals surface area contributed by atoms with E-state index in [2.05, 4.69) is 26.2 Å². The zero-order valence-electron chi connectivity index (χ0n) is 15.0. The van der Waals surface area contributed by atoms with E-state index >= 15 is 0 Å². The van der Waals surface area contributed by atoms with Crippen molar-refractivity contribution in [2.45, 2.75) is 13.2 Å². The number of halogens is 1. The average molecular weight is 436 g/mol. The normalized spacial score (nSPS) is 10.8. The smallest absolute Gasteiger partial charge is 0.295 e. The summed E-state index contributed by atoms with van der Waals surface area (Å²) in [5, 5.41) is 3.72. The molecule has 0 radical (unpaired) electrons. The predicted molar refractivity (Wildman–Crippen MR) is 114 cm³/mol. The van der Waals surface area contributed by atoms with Crippen molar-refractivity contribution in [1.29, 1.82) is 0 Å². The first kappa shape index (κ1) is 18.3. The highest BCUT2D eigenvalue weighted by molar-refractivity contribution is 9.10. The molecule has 0 amide bonds. The monoisotopic (exact) mass is 435 g/mol. The summed E-state index contributed by atoms with van der Waals surface area (Å²) in [6, 6.07) is 25.1. The van der Waals surface area contributed by atoms with Gasteiger partial charge in [0.25, 0.3) is 5.56 Å². The van der Waals surface area contributed by atoms with E-state index in [0.717, 1.165) is 15.6 Å². The van der Waals surface area contributed by atoms with Gasteiger partial charge in [0.2, 0.25) is 5.95 Å². The molecule has 4 rings (SSSR count). The van der Waals surface area contributed by atoms with E-state index in [4.69, 9.17) is 4.84 Å². The van der Waals surface area contributed by atoms with Gasteiger partial charge in [-0.2, -0.15) is 0 Å². The highest BCUT2D eigenvalue weighted by Gasteiger charge is 2.13. The molecule has 5 nitrogen and oxygen atoms in total. The van der Waals surface area contributed by atoms with Gasteiger partial charge in [0.05, 0.1) is 10.9 Å². The van der Waals surface area contributed by atoms with Crippen LogP contribution in [0.4, 0.5) is 5.95 Å². The zero-order chi connectivity index (χ0) is 19.3. The lowest BCUT2D eigenvalue weighted by molar-refractivity contribution is 0.0927. The number of hydrogen-bond acceptors (Lipinski definition) is 4. The van der Waals surface area contributed by atoms with Crippen LogP contribution in [0.5, 0.6) is 0 Å².